The van der Waals surface area contributed by atoms with Gasteiger partial charge in [-0.15, -0.1) is 0 Å². The van der Waals surface area contributed by atoms with Crippen molar-refractivity contribution in [2.75, 3.05) is 0 Å². The Labute approximate surface area is 55.6 Å². The molecule has 0 aromatic heterocycles. The maximum Gasteiger partial charge on any atom is 0.0950 e. The Hall–Kier alpha value is -1.29. The first-order valence-corrected chi connectivity index (χ1v) is 2.62. The third kappa shape index (κ3) is 1.96. The average molecular weight is 119 g/mol. The van der Waals surface area contributed by atoms with Gasteiger partial charge in [0.15, 0.2) is 0 Å². The summed E-state index contributed by atoms with van der Waals surface area (Å²) in [4.78, 5) is 0. The van der Waals surface area contributed by atoms with Crippen LogP contribution in [0.25, 0.3) is 0 Å². The number of hydrogen-bond acceptors (Lipinski definition) is 1. The molecule has 9 heavy (non-hydrogen) atoms. The number of nitriles is 1. The van der Waals surface area contributed by atoms with Crippen LogP contribution in [0.15, 0.2) is 36.5 Å². The van der Waals surface area contributed by atoms with Gasteiger partial charge in [0.25, 0.3) is 0 Å². The van der Waals surface area contributed by atoms with Crippen molar-refractivity contribution in [1.82, 2.24) is 0 Å². The highest BCUT2D eigenvalue weighted by atomic mass is 14.2. The Kier molecular flexibility index (Phi) is 3.15. The van der Waals surface area contributed by atoms with Crippen molar-refractivity contribution in [3.05, 3.63) is 36.5 Å². The summed E-state index contributed by atoms with van der Waals surface area (Å²) < 4.78 is 0. The molecule has 46 valence electrons. The highest BCUT2D eigenvalue weighted by Gasteiger charge is 1.88. The van der Waals surface area contributed by atoms with Crippen LogP contribution in [-0.2, 0) is 0 Å². The zero-order valence-corrected chi connectivity index (χ0v) is 5.52. The maximum absolute atomic E-state index is 8.36. The molecule has 1 nitrogen and oxygen atoms in total. The molecular weight excluding hydrogens is 110 g/mol. The maximum atomic E-state index is 8.36. The molecular formula is C8H9N. The summed E-state index contributed by atoms with van der Waals surface area (Å²) in [5, 5.41) is 8.36. The van der Waals surface area contributed by atoms with E-state index in [0.717, 1.165) is 5.57 Å². The standard InChI is InChI=1S/C8H9N/c1-4-8(5-2)7(3)6-9/h4-5H,1-2H2,3H3. The summed E-state index contributed by atoms with van der Waals surface area (Å²) >= 11 is 0. The van der Waals surface area contributed by atoms with E-state index < -0.39 is 0 Å². The van der Waals surface area contributed by atoms with Crippen LogP contribution in [-0.4, -0.2) is 0 Å². The lowest BCUT2D eigenvalue weighted by Gasteiger charge is -1.89. The molecule has 0 saturated carbocycles. The van der Waals surface area contributed by atoms with Crippen LogP contribution in [0.4, 0.5) is 0 Å². The van der Waals surface area contributed by atoms with Crippen LogP contribution in [0.3, 0.4) is 0 Å². The minimum Gasteiger partial charge on any atom is -0.193 e. The monoisotopic (exact) mass is 119 g/mol. The Balaban J connectivity index is 4.63. The first kappa shape index (κ1) is 7.71. The van der Waals surface area contributed by atoms with E-state index in [2.05, 4.69) is 13.2 Å². The smallest absolute Gasteiger partial charge is 0.0950 e. The van der Waals surface area contributed by atoms with Gasteiger partial charge in [-0.2, -0.15) is 5.26 Å². The summed E-state index contributed by atoms with van der Waals surface area (Å²) in [5.74, 6) is 0. The lowest BCUT2D eigenvalue weighted by Crippen LogP contribution is -1.75. The second-order valence-electron chi connectivity index (χ2n) is 1.60. The van der Waals surface area contributed by atoms with Crippen LogP contribution in [0.5, 0.6) is 0 Å². The first-order chi connectivity index (χ1) is 4.26. The normalized spacial score (nSPS) is 7.11. The largest absolute Gasteiger partial charge is 0.193 e. The molecule has 1 heteroatoms. The van der Waals surface area contributed by atoms with E-state index in [9.17, 15) is 0 Å². The zero-order valence-electron chi connectivity index (χ0n) is 5.52. The summed E-state index contributed by atoms with van der Waals surface area (Å²) in [5.41, 5.74) is 1.46. The van der Waals surface area contributed by atoms with Gasteiger partial charge in [0.2, 0.25) is 0 Å². The molecule has 0 fully saturated rings. The van der Waals surface area contributed by atoms with Crippen molar-refractivity contribution in [2.45, 2.75) is 6.92 Å². The molecule has 0 aromatic carbocycles. The fourth-order valence-electron chi connectivity index (χ4n) is 0.454. The molecule has 0 aliphatic carbocycles. The fourth-order valence-corrected chi connectivity index (χ4v) is 0.454. The molecule has 0 aromatic rings. The van der Waals surface area contributed by atoms with Crippen molar-refractivity contribution in [2.24, 2.45) is 0 Å². The van der Waals surface area contributed by atoms with E-state index in [0.29, 0.717) is 5.57 Å². The second-order valence-corrected chi connectivity index (χ2v) is 1.60. The van der Waals surface area contributed by atoms with Gasteiger partial charge < -0.3 is 0 Å². The predicted molar refractivity (Wildman–Crippen MR) is 38.7 cm³/mol. The molecule has 0 spiro atoms. The summed E-state index contributed by atoms with van der Waals surface area (Å²) in [6.07, 6.45) is 3.23. The van der Waals surface area contributed by atoms with E-state index >= 15 is 0 Å². The van der Waals surface area contributed by atoms with Gasteiger partial charge in [-0.05, 0) is 12.5 Å². The molecule has 0 N–H and O–H groups in total. The molecule has 0 heterocycles. The van der Waals surface area contributed by atoms with E-state index in [-0.39, 0.29) is 0 Å². The van der Waals surface area contributed by atoms with Crippen molar-refractivity contribution in [3.8, 4) is 6.07 Å². The van der Waals surface area contributed by atoms with Crippen LogP contribution in [0.2, 0.25) is 0 Å². The lowest BCUT2D eigenvalue weighted by atomic mass is 10.1. The Morgan fingerprint density at radius 3 is 2.00 bits per heavy atom. The predicted octanol–water partition coefficient (Wildman–Crippen LogP) is 2.20. The number of hydrogen-bond donors (Lipinski definition) is 0. The van der Waals surface area contributed by atoms with E-state index in [1.165, 1.54) is 0 Å². The SMILES string of the molecule is C=CC(C=C)=C(C)C#N. The topological polar surface area (TPSA) is 23.8 Å². The van der Waals surface area contributed by atoms with Crippen LogP contribution < -0.4 is 0 Å². The quantitative estimate of drug-likeness (QED) is 0.404. The minimum absolute atomic E-state index is 0.653. The number of nitrogens with zero attached hydrogens (tertiary/aromatic N) is 1. The average Bonchev–Trinajstić information content (AvgIpc) is 1.90. The summed E-state index contributed by atoms with van der Waals surface area (Å²) in [6.45, 7) is 8.78. The molecule has 0 saturated heterocycles. The summed E-state index contributed by atoms with van der Waals surface area (Å²) in [6, 6.07) is 2.00. The minimum atomic E-state index is 0.653. The molecule has 0 bridgehead atoms. The summed E-state index contributed by atoms with van der Waals surface area (Å²) in [7, 11) is 0. The van der Waals surface area contributed by atoms with Crippen LogP contribution >= 0.6 is 0 Å². The van der Waals surface area contributed by atoms with E-state index in [4.69, 9.17) is 5.26 Å². The Morgan fingerprint density at radius 1 is 1.44 bits per heavy atom. The number of allylic oxidation sites excluding steroid dienone is 4. The van der Waals surface area contributed by atoms with Gasteiger partial charge in [-0.1, -0.05) is 25.3 Å². The van der Waals surface area contributed by atoms with Crippen molar-refractivity contribution >= 4 is 0 Å². The molecule has 0 rings (SSSR count). The lowest BCUT2D eigenvalue weighted by molar-refractivity contribution is 1.41. The van der Waals surface area contributed by atoms with Crippen molar-refractivity contribution < 1.29 is 0 Å². The van der Waals surface area contributed by atoms with Crippen molar-refractivity contribution in [3.63, 3.8) is 0 Å². The Bertz CT molecular complexity index is 181. The van der Waals surface area contributed by atoms with Gasteiger partial charge in [-0.25, -0.2) is 0 Å². The fraction of sp³-hybridized carbons (Fsp3) is 0.125. The first-order valence-electron chi connectivity index (χ1n) is 2.62. The van der Waals surface area contributed by atoms with Gasteiger partial charge >= 0.3 is 0 Å². The third-order valence-corrected chi connectivity index (χ3v) is 1.04. The Morgan fingerprint density at radius 2 is 1.89 bits per heavy atom. The molecule has 0 aliphatic rings. The van der Waals surface area contributed by atoms with Crippen molar-refractivity contribution in [1.29, 1.82) is 5.26 Å². The second kappa shape index (κ2) is 3.68. The van der Waals surface area contributed by atoms with Gasteiger partial charge in [0.1, 0.15) is 0 Å². The van der Waals surface area contributed by atoms with Gasteiger partial charge in [-0.3, -0.25) is 0 Å². The molecule has 0 atom stereocenters. The van der Waals surface area contributed by atoms with E-state index in [1.54, 1.807) is 19.1 Å². The third-order valence-electron chi connectivity index (χ3n) is 1.04. The molecule has 0 unspecified atom stereocenters. The van der Waals surface area contributed by atoms with E-state index in [1.807, 2.05) is 6.07 Å². The highest BCUT2D eigenvalue weighted by molar-refractivity contribution is 5.39. The van der Waals surface area contributed by atoms with Gasteiger partial charge in [0, 0.05) is 5.57 Å². The molecule has 0 radical (unpaired) electrons. The van der Waals surface area contributed by atoms with Crippen LogP contribution in [0.1, 0.15) is 6.92 Å². The molecule has 0 aliphatic heterocycles. The van der Waals surface area contributed by atoms with Gasteiger partial charge in [0.05, 0.1) is 6.07 Å². The highest BCUT2D eigenvalue weighted by Crippen LogP contribution is 2.03. The van der Waals surface area contributed by atoms with Crippen LogP contribution in [0, 0.1) is 11.3 Å². The zero-order chi connectivity index (χ0) is 7.28. The molecule has 0 amide bonds. The number of rotatable bonds is 2.